The average molecular weight is 278 g/mol. The third-order valence-electron chi connectivity index (χ3n) is 4.09. The highest BCUT2D eigenvalue weighted by atomic mass is 19.1. The molecular formula is C16H23FN2O. The van der Waals surface area contributed by atoms with Crippen molar-refractivity contribution < 1.29 is 9.18 Å². The first kappa shape index (κ1) is 15.0. The molecule has 3 nitrogen and oxygen atoms in total. The van der Waals surface area contributed by atoms with Crippen LogP contribution in [0.1, 0.15) is 48.0 Å². The lowest BCUT2D eigenvalue weighted by Crippen LogP contribution is -2.45. The third-order valence-corrected chi connectivity index (χ3v) is 4.09. The summed E-state index contributed by atoms with van der Waals surface area (Å²) in [6.45, 7) is 2.21. The zero-order valence-corrected chi connectivity index (χ0v) is 12.0. The summed E-state index contributed by atoms with van der Waals surface area (Å²) < 4.78 is 13.4. The molecule has 2 rings (SSSR count). The van der Waals surface area contributed by atoms with Crippen LogP contribution in [-0.2, 0) is 0 Å². The van der Waals surface area contributed by atoms with Gasteiger partial charge in [-0.2, -0.15) is 0 Å². The van der Waals surface area contributed by atoms with E-state index in [0.717, 1.165) is 18.4 Å². The minimum absolute atomic E-state index is 0.00799. The van der Waals surface area contributed by atoms with Gasteiger partial charge in [-0.05, 0) is 49.4 Å². The molecule has 1 fully saturated rings. The summed E-state index contributed by atoms with van der Waals surface area (Å²) in [6.07, 6.45) is 5.91. The van der Waals surface area contributed by atoms with Crippen molar-refractivity contribution in [1.82, 2.24) is 5.32 Å². The van der Waals surface area contributed by atoms with E-state index >= 15 is 0 Å². The summed E-state index contributed by atoms with van der Waals surface area (Å²) in [4.78, 5) is 12.2. The van der Waals surface area contributed by atoms with Crippen molar-refractivity contribution in [2.45, 2.75) is 45.1 Å². The second-order valence-electron chi connectivity index (χ2n) is 5.73. The maximum Gasteiger partial charge on any atom is 0.251 e. The summed E-state index contributed by atoms with van der Waals surface area (Å²) in [5.74, 6) is -0.155. The Morgan fingerprint density at radius 2 is 2.05 bits per heavy atom. The number of rotatable bonds is 4. The molecule has 0 saturated heterocycles. The lowest BCUT2D eigenvalue weighted by molar-refractivity contribution is 0.0915. The molecule has 110 valence electrons. The van der Waals surface area contributed by atoms with Crippen LogP contribution in [0.4, 0.5) is 4.39 Å². The number of nitrogens with one attached hydrogen (secondary N) is 1. The molecule has 3 N–H and O–H groups in total. The van der Waals surface area contributed by atoms with E-state index in [9.17, 15) is 9.18 Å². The highest BCUT2D eigenvalue weighted by molar-refractivity contribution is 5.94. The van der Waals surface area contributed by atoms with Crippen molar-refractivity contribution in [3.63, 3.8) is 0 Å². The molecule has 1 aromatic carbocycles. The minimum Gasteiger partial charge on any atom is -0.348 e. The molecule has 20 heavy (non-hydrogen) atoms. The van der Waals surface area contributed by atoms with Gasteiger partial charge in [-0.1, -0.05) is 19.3 Å². The number of amides is 1. The molecule has 0 radical (unpaired) electrons. The fourth-order valence-electron chi connectivity index (χ4n) is 3.02. The molecular weight excluding hydrogens is 255 g/mol. The highest BCUT2D eigenvalue weighted by Crippen LogP contribution is 2.26. The van der Waals surface area contributed by atoms with Crippen molar-refractivity contribution in [3.8, 4) is 0 Å². The minimum atomic E-state index is -0.378. The number of carbonyl (C=O) groups is 1. The molecule has 1 aliphatic rings. The molecule has 1 saturated carbocycles. The van der Waals surface area contributed by atoms with Crippen LogP contribution in [0, 0.1) is 18.7 Å². The van der Waals surface area contributed by atoms with Crippen LogP contribution in [-0.4, -0.2) is 18.5 Å². The lowest BCUT2D eigenvalue weighted by Gasteiger charge is -2.30. The van der Waals surface area contributed by atoms with Gasteiger partial charge in [0.2, 0.25) is 0 Å². The van der Waals surface area contributed by atoms with Crippen LogP contribution in [0.25, 0.3) is 0 Å². The van der Waals surface area contributed by atoms with E-state index in [4.69, 9.17) is 5.73 Å². The molecule has 0 spiro atoms. The molecule has 0 bridgehead atoms. The number of nitrogens with two attached hydrogens (primary N) is 1. The van der Waals surface area contributed by atoms with Gasteiger partial charge in [0, 0.05) is 18.2 Å². The van der Waals surface area contributed by atoms with Gasteiger partial charge in [0.15, 0.2) is 0 Å². The molecule has 0 aromatic heterocycles. The molecule has 4 heteroatoms. The predicted octanol–water partition coefficient (Wildman–Crippen LogP) is 2.77. The topological polar surface area (TPSA) is 55.1 Å². The zero-order valence-electron chi connectivity index (χ0n) is 12.0. The van der Waals surface area contributed by atoms with Gasteiger partial charge in [0.05, 0.1) is 0 Å². The Hall–Kier alpha value is -1.42. The Balaban J connectivity index is 2.04. The summed E-state index contributed by atoms with van der Waals surface area (Å²) in [6, 6.07) is 4.38. The first-order chi connectivity index (χ1) is 9.60. The predicted molar refractivity (Wildman–Crippen MR) is 78.0 cm³/mol. The summed E-state index contributed by atoms with van der Waals surface area (Å²) >= 11 is 0. The molecule has 1 aromatic rings. The third kappa shape index (κ3) is 3.79. The van der Waals surface area contributed by atoms with E-state index in [0.29, 0.717) is 18.0 Å². The standard InChI is InChI=1S/C16H23FN2O/c1-11-7-13(9-14(17)8-11)16(20)19-15(10-18)12-5-3-2-4-6-12/h7-9,12,15H,2-6,10,18H2,1H3,(H,19,20). The summed E-state index contributed by atoms with van der Waals surface area (Å²) in [5, 5.41) is 2.98. The maximum atomic E-state index is 13.4. The van der Waals surface area contributed by atoms with Gasteiger partial charge in [-0.15, -0.1) is 0 Å². The van der Waals surface area contributed by atoms with E-state index in [1.54, 1.807) is 13.0 Å². The highest BCUT2D eigenvalue weighted by Gasteiger charge is 2.24. The van der Waals surface area contributed by atoms with Crippen molar-refractivity contribution in [2.75, 3.05) is 6.54 Å². The van der Waals surface area contributed by atoms with Crippen LogP contribution in [0.5, 0.6) is 0 Å². The van der Waals surface area contributed by atoms with Gasteiger partial charge in [0.1, 0.15) is 5.82 Å². The molecule has 0 aliphatic heterocycles. The number of benzene rings is 1. The largest absolute Gasteiger partial charge is 0.348 e. The van der Waals surface area contributed by atoms with Crippen molar-refractivity contribution >= 4 is 5.91 Å². The van der Waals surface area contributed by atoms with Crippen LogP contribution in [0.3, 0.4) is 0 Å². The first-order valence-corrected chi connectivity index (χ1v) is 7.38. The molecule has 1 unspecified atom stereocenters. The van der Waals surface area contributed by atoms with E-state index in [1.165, 1.54) is 31.4 Å². The monoisotopic (exact) mass is 278 g/mol. The van der Waals surface area contributed by atoms with Gasteiger partial charge in [-0.3, -0.25) is 4.79 Å². The number of carbonyl (C=O) groups excluding carboxylic acids is 1. The zero-order chi connectivity index (χ0) is 14.5. The van der Waals surface area contributed by atoms with E-state index in [1.807, 2.05) is 0 Å². The van der Waals surface area contributed by atoms with Crippen LogP contribution < -0.4 is 11.1 Å². The smallest absolute Gasteiger partial charge is 0.251 e. The number of halogens is 1. The van der Waals surface area contributed by atoms with Crippen molar-refractivity contribution in [3.05, 3.63) is 35.1 Å². The molecule has 0 heterocycles. The van der Waals surface area contributed by atoms with Gasteiger partial charge >= 0.3 is 0 Å². The van der Waals surface area contributed by atoms with Gasteiger partial charge < -0.3 is 11.1 Å². The first-order valence-electron chi connectivity index (χ1n) is 7.38. The van der Waals surface area contributed by atoms with Crippen LogP contribution >= 0.6 is 0 Å². The Morgan fingerprint density at radius 3 is 2.65 bits per heavy atom. The number of hydrogen-bond donors (Lipinski definition) is 2. The van der Waals surface area contributed by atoms with E-state index < -0.39 is 0 Å². The maximum absolute atomic E-state index is 13.4. The Labute approximate surface area is 119 Å². The van der Waals surface area contributed by atoms with E-state index in [-0.39, 0.29) is 17.8 Å². The van der Waals surface area contributed by atoms with Gasteiger partial charge in [-0.25, -0.2) is 4.39 Å². The Bertz CT molecular complexity index is 449. The summed E-state index contributed by atoms with van der Waals surface area (Å²) in [5.41, 5.74) is 6.92. The Morgan fingerprint density at radius 1 is 1.35 bits per heavy atom. The van der Waals surface area contributed by atoms with Crippen LogP contribution in [0.15, 0.2) is 18.2 Å². The second kappa shape index (κ2) is 6.84. The average Bonchev–Trinajstić information content (AvgIpc) is 2.44. The fourth-order valence-corrected chi connectivity index (χ4v) is 3.02. The van der Waals surface area contributed by atoms with E-state index in [2.05, 4.69) is 5.32 Å². The normalized spacial score (nSPS) is 17.8. The van der Waals surface area contributed by atoms with Crippen molar-refractivity contribution in [1.29, 1.82) is 0 Å². The van der Waals surface area contributed by atoms with Crippen LogP contribution in [0.2, 0.25) is 0 Å². The fraction of sp³-hybridized carbons (Fsp3) is 0.562. The Kier molecular flexibility index (Phi) is 5.12. The van der Waals surface area contributed by atoms with Crippen molar-refractivity contribution in [2.24, 2.45) is 11.7 Å². The second-order valence-corrected chi connectivity index (χ2v) is 5.73. The number of hydrogen-bond acceptors (Lipinski definition) is 2. The number of aryl methyl sites for hydroxylation is 1. The van der Waals surface area contributed by atoms with Gasteiger partial charge in [0.25, 0.3) is 5.91 Å². The molecule has 1 amide bonds. The quantitative estimate of drug-likeness (QED) is 0.889. The SMILES string of the molecule is Cc1cc(F)cc(C(=O)NC(CN)C2CCCCC2)c1. The molecule has 1 atom stereocenters. The molecule has 1 aliphatic carbocycles. The summed E-state index contributed by atoms with van der Waals surface area (Å²) in [7, 11) is 0. The lowest BCUT2D eigenvalue weighted by atomic mass is 9.84.